The molecule has 0 atom stereocenters. The van der Waals surface area contributed by atoms with Gasteiger partial charge in [0.05, 0.1) is 12.7 Å². The van der Waals surface area contributed by atoms with Gasteiger partial charge in [0.2, 0.25) is 6.29 Å². The molecule has 0 saturated carbocycles. The molecule has 1 aromatic rings. The summed E-state index contributed by atoms with van der Waals surface area (Å²) in [5.74, 6) is -0.590. The van der Waals surface area contributed by atoms with Gasteiger partial charge in [0, 0.05) is 3.57 Å². The van der Waals surface area contributed by atoms with Gasteiger partial charge < -0.3 is 4.74 Å². The molecule has 1 rings (SSSR count). The number of carbonyl (C=O) groups excluding carboxylic acids is 1. The van der Waals surface area contributed by atoms with Crippen molar-refractivity contribution in [3.8, 4) is 5.75 Å². The van der Waals surface area contributed by atoms with Crippen LogP contribution in [0.1, 0.15) is 5.56 Å². The molecule has 1 aromatic carbocycles. The number of hydrogen-bond donors (Lipinski definition) is 0. The molecule has 0 bridgehead atoms. The Hall–Kier alpha value is -0.650. The third kappa shape index (κ3) is 1.57. The fourth-order valence-electron chi connectivity index (χ4n) is 0.785. The first-order valence-corrected chi connectivity index (χ1v) is 4.18. The second kappa shape index (κ2) is 3.84. The van der Waals surface area contributed by atoms with Crippen LogP contribution in [0, 0.1) is 9.39 Å². The molecule has 2 nitrogen and oxygen atoms in total. The second-order valence-electron chi connectivity index (χ2n) is 2.04. The maximum atomic E-state index is 13.1. The lowest BCUT2D eigenvalue weighted by atomic mass is 10.2. The average Bonchev–Trinajstić information content (AvgIpc) is 2.06. The van der Waals surface area contributed by atoms with E-state index < -0.39 is 5.82 Å². The van der Waals surface area contributed by atoms with Crippen molar-refractivity contribution >= 4 is 28.9 Å². The highest BCUT2D eigenvalue weighted by Crippen LogP contribution is 2.23. The molecule has 0 saturated heterocycles. The molecule has 4 heteroatoms. The van der Waals surface area contributed by atoms with E-state index in [1.54, 1.807) is 6.07 Å². The Balaban J connectivity index is 3.33. The zero-order chi connectivity index (χ0) is 9.14. The molecular formula is C8H5FIO2. The zero-order valence-electron chi connectivity index (χ0n) is 6.23. The number of ether oxygens (including phenoxy) is 1. The molecule has 0 fully saturated rings. The van der Waals surface area contributed by atoms with Crippen LogP contribution in [0.15, 0.2) is 12.1 Å². The first-order valence-electron chi connectivity index (χ1n) is 3.11. The van der Waals surface area contributed by atoms with Gasteiger partial charge in [0.1, 0.15) is 0 Å². The minimum absolute atomic E-state index is 0.0637. The molecule has 0 aromatic heterocycles. The van der Waals surface area contributed by atoms with Gasteiger partial charge in [0.15, 0.2) is 11.6 Å². The van der Waals surface area contributed by atoms with Crippen molar-refractivity contribution in [2.45, 2.75) is 0 Å². The van der Waals surface area contributed by atoms with Crippen molar-refractivity contribution in [2.75, 3.05) is 7.11 Å². The Morgan fingerprint density at radius 3 is 2.75 bits per heavy atom. The van der Waals surface area contributed by atoms with Crippen LogP contribution in [0.3, 0.4) is 0 Å². The van der Waals surface area contributed by atoms with E-state index in [4.69, 9.17) is 0 Å². The highest BCUT2D eigenvalue weighted by molar-refractivity contribution is 14.1. The Morgan fingerprint density at radius 2 is 2.25 bits per heavy atom. The third-order valence-electron chi connectivity index (χ3n) is 1.38. The Morgan fingerprint density at radius 1 is 1.58 bits per heavy atom. The van der Waals surface area contributed by atoms with Gasteiger partial charge in [0.25, 0.3) is 0 Å². The van der Waals surface area contributed by atoms with Gasteiger partial charge in [-0.25, -0.2) is 4.39 Å². The summed E-state index contributed by atoms with van der Waals surface area (Å²) in [6.07, 6.45) is 1.53. The fraction of sp³-hybridized carbons (Fsp3) is 0.125. The Kier molecular flexibility index (Phi) is 3.02. The van der Waals surface area contributed by atoms with Gasteiger partial charge in [-0.2, -0.15) is 0 Å². The predicted octanol–water partition coefficient (Wildman–Crippen LogP) is 1.90. The first kappa shape index (κ1) is 9.44. The van der Waals surface area contributed by atoms with Crippen LogP contribution in [0.5, 0.6) is 5.75 Å². The number of methoxy groups -OCH3 is 1. The summed E-state index contributed by atoms with van der Waals surface area (Å²) in [4.78, 5) is 10.3. The lowest BCUT2D eigenvalue weighted by Crippen LogP contribution is -1.96. The third-order valence-corrected chi connectivity index (χ3v) is 2.28. The van der Waals surface area contributed by atoms with Crippen LogP contribution in [0.2, 0.25) is 0 Å². The summed E-state index contributed by atoms with van der Waals surface area (Å²) in [7, 11) is 1.35. The Labute approximate surface area is 82.9 Å². The topological polar surface area (TPSA) is 26.3 Å². The molecule has 0 aliphatic carbocycles. The molecule has 0 N–H and O–H groups in total. The van der Waals surface area contributed by atoms with Crippen LogP contribution < -0.4 is 4.74 Å². The summed E-state index contributed by atoms with van der Waals surface area (Å²) in [5, 5.41) is 0. The van der Waals surface area contributed by atoms with Crippen LogP contribution in [0.25, 0.3) is 0 Å². The molecule has 0 aliphatic rings. The molecule has 0 aliphatic heterocycles. The van der Waals surface area contributed by atoms with E-state index in [9.17, 15) is 9.18 Å². The lowest BCUT2D eigenvalue weighted by Gasteiger charge is -2.03. The summed E-state index contributed by atoms with van der Waals surface area (Å²) < 4.78 is 18.4. The van der Waals surface area contributed by atoms with Crippen molar-refractivity contribution in [3.05, 3.63) is 27.1 Å². The normalized spacial score (nSPS) is 9.58. The molecule has 0 amide bonds. The van der Waals surface area contributed by atoms with E-state index in [0.717, 1.165) is 0 Å². The van der Waals surface area contributed by atoms with E-state index in [1.807, 2.05) is 22.6 Å². The Bertz CT molecular complexity index is 312. The quantitative estimate of drug-likeness (QED) is 0.773. The summed E-state index contributed by atoms with van der Waals surface area (Å²) in [5.41, 5.74) is -0.0741. The lowest BCUT2D eigenvalue weighted by molar-refractivity contribution is 0.385. The molecule has 0 spiro atoms. The summed E-state index contributed by atoms with van der Waals surface area (Å²) in [6.45, 7) is 0. The van der Waals surface area contributed by atoms with Gasteiger partial charge in [-0.05, 0) is 34.7 Å². The van der Waals surface area contributed by atoms with Crippen LogP contribution in [0.4, 0.5) is 4.39 Å². The van der Waals surface area contributed by atoms with Crippen molar-refractivity contribution < 1.29 is 13.9 Å². The predicted molar refractivity (Wildman–Crippen MR) is 50.5 cm³/mol. The number of rotatable bonds is 2. The van der Waals surface area contributed by atoms with E-state index in [2.05, 4.69) is 4.74 Å². The minimum Gasteiger partial charge on any atom is -0.494 e. The summed E-state index contributed by atoms with van der Waals surface area (Å²) >= 11 is 1.86. The molecule has 1 radical (unpaired) electrons. The number of benzene rings is 1. The monoisotopic (exact) mass is 279 g/mol. The SMILES string of the molecule is COc1ccc(I)c([C]=O)c1F. The standard InChI is InChI=1S/C8H5FIO2/c1-12-7-3-2-6(10)5(4-11)8(7)9/h2-3H,1H3. The molecule has 0 unspecified atom stereocenters. The minimum atomic E-state index is -0.653. The van der Waals surface area contributed by atoms with Crippen LogP contribution in [-0.4, -0.2) is 13.4 Å². The number of hydrogen-bond acceptors (Lipinski definition) is 2. The molecule has 12 heavy (non-hydrogen) atoms. The van der Waals surface area contributed by atoms with Crippen LogP contribution >= 0.6 is 22.6 Å². The molecular weight excluding hydrogens is 274 g/mol. The second-order valence-corrected chi connectivity index (χ2v) is 3.20. The summed E-state index contributed by atoms with van der Waals surface area (Å²) in [6, 6.07) is 3.07. The largest absolute Gasteiger partial charge is 0.494 e. The van der Waals surface area contributed by atoms with E-state index in [-0.39, 0.29) is 11.3 Å². The average molecular weight is 279 g/mol. The molecule has 63 valence electrons. The maximum Gasteiger partial charge on any atom is 0.237 e. The van der Waals surface area contributed by atoms with Gasteiger partial charge in [-0.3, -0.25) is 4.79 Å². The maximum absolute atomic E-state index is 13.1. The van der Waals surface area contributed by atoms with Gasteiger partial charge in [-0.1, -0.05) is 0 Å². The van der Waals surface area contributed by atoms with E-state index in [0.29, 0.717) is 3.57 Å². The van der Waals surface area contributed by atoms with Crippen molar-refractivity contribution in [1.29, 1.82) is 0 Å². The highest BCUT2D eigenvalue weighted by Gasteiger charge is 2.11. The molecule has 0 heterocycles. The van der Waals surface area contributed by atoms with Crippen molar-refractivity contribution in [2.24, 2.45) is 0 Å². The first-order chi connectivity index (χ1) is 5.70. The smallest absolute Gasteiger partial charge is 0.237 e. The zero-order valence-corrected chi connectivity index (χ0v) is 8.38. The van der Waals surface area contributed by atoms with Crippen molar-refractivity contribution in [3.63, 3.8) is 0 Å². The van der Waals surface area contributed by atoms with Gasteiger partial charge >= 0.3 is 0 Å². The number of halogens is 2. The van der Waals surface area contributed by atoms with E-state index in [1.165, 1.54) is 19.5 Å². The fourth-order valence-corrected chi connectivity index (χ4v) is 1.31. The van der Waals surface area contributed by atoms with Crippen molar-refractivity contribution in [1.82, 2.24) is 0 Å². The van der Waals surface area contributed by atoms with Gasteiger partial charge in [-0.15, -0.1) is 0 Å². The van der Waals surface area contributed by atoms with E-state index >= 15 is 0 Å². The van der Waals surface area contributed by atoms with Crippen LogP contribution in [-0.2, 0) is 4.79 Å². The highest BCUT2D eigenvalue weighted by atomic mass is 127.